The molecule has 1 spiro atoms. The molecule has 0 N–H and O–H groups in total. The maximum absolute atomic E-state index is 14.1. The zero-order valence-corrected chi connectivity index (χ0v) is 32.0. The van der Waals surface area contributed by atoms with Crippen molar-refractivity contribution in [1.82, 2.24) is 19.6 Å². The fourth-order valence-electron chi connectivity index (χ4n) is 7.79. The Kier molecular flexibility index (Phi) is 10.9. The Labute approximate surface area is 314 Å². The monoisotopic (exact) mass is 752 g/mol. The number of esters is 1. The molecule has 1 aliphatic carbocycles. The number of hydrogen-bond acceptors (Lipinski definition) is 7. The molecule has 3 aromatic rings. The Bertz CT molecular complexity index is 1830. The Morgan fingerprint density at radius 1 is 0.889 bits per heavy atom. The summed E-state index contributed by atoms with van der Waals surface area (Å²) in [4.78, 5) is 43.9. The van der Waals surface area contributed by atoms with Gasteiger partial charge >= 0.3 is 12.1 Å². The van der Waals surface area contributed by atoms with Crippen molar-refractivity contribution >= 4 is 18.0 Å². The molecule has 2 amide bonds. The minimum Gasteiger partial charge on any atom is -0.456 e. The molecular weight excluding hydrogens is 701 g/mol. The van der Waals surface area contributed by atoms with Gasteiger partial charge in [-0.3, -0.25) is 9.48 Å². The van der Waals surface area contributed by atoms with E-state index in [2.05, 4.69) is 5.10 Å². The second-order valence-electron chi connectivity index (χ2n) is 17.2. The van der Waals surface area contributed by atoms with E-state index in [1.54, 1.807) is 59.6 Å². The van der Waals surface area contributed by atoms with Gasteiger partial charge in [0, 0.05) is 56.6 Å². The number of hydrogen-bond donors (Lipinski definition) is 0. The second-order valence-corrected chi connectivity index (χ2v) is 17.2. The zero-order valence-electron chi connectivity index (χ0n) is 32.0. The van der Waals surface area contributed by atoms with Crippen LogP contribution in [0.5, 0.6) is 0 Å². The maximum Gasteiger partial charge on any atom is 0.410 e. The van der Waals surface area contributed by atoms with Crippen molar-refractivity contribution in [1.29, 1.82) is 0 Å². The summed E-state index contributed by atoms with van der Waals surface area (Å²) in [6, 6.07) is 11.6. The lowest BCUT2D eigenvalue weighted by molar-refractivity contribution is -0.0610. The van der Waals surface area contributed by atoms with Gasteiger partial charge in [-0.25, -0.2) is 22.8 Å². The minimum atomic E-state index is -2.71. The van der Waals surface area contributed by atoms with Gasteiger partial charge < -0.3 is 24.0 Å². The first-order valence-corrected chi connectivity index (χ1v) is 18.6. The Morgan fingerprint density at radius 2 is 1.54 bits per heavy atom. The van der Waals surface area contributed by atoms with Gasteiger partial charge in [0.25, 0.3) is 5.91 Å². The van der Waals surface area contributed by atoms with Crippen LogP contribution in [0.3, 0.4) is 0 Å². The largest absolute Gasteiger partial charge is 0.456 e. The van der Waals surface area contributed by atoms with E-state index in [1.165, 1.54) is 18.3 Å². The molecule has 54 heavy (non-hydrogen) atoms. The summed E-state index contributed by atoms with van der Waals surface area (Å²) in [6.07, 6.45) is 2.84. The summed E-state index contributed by atoms with van der Waals surface area (Å²) in [6.45, 7) is 13.0. The molecule has 292 valence electrons. The van der Waals surface area contributed by atoms with E-state index < -0.39 is 34.6 Å². The van der Waals surface area contributed by atoms with Crippen molar-refractivity contribution in [2.75, 3.05) is 32.8 Å². The van der Waals surface area contributed by atoms with Crippen LogP contribution in [-0.4, -0.2) is 87.5 Å². The molecule has 1 atom stereocenters. The first-order chi connectivity index (χ1) is 25.3. The molecule has 0 unspecified atom stereocenters. The molecule has 3 heterocycles. The van der Waals surface area contributed by atoms with Crippen LogP contribution >= 0.6 is 0 Å². The van der Waals surface area contributed by atoms with Gasteiger partial charge in [0.15, 0.2) is 0 Å². The van der Waals surface area contributed by atoms with Gasteiger partial charge in [-0.1, -0.05) is 30.3 Å². The Hall–Kier alpha value is -4.39. The van der Waals surface area contributed by atoms with Crippen molar-refractivity contribution in [3.63, 3.8) is 0 Å². The van der Waals surface area contributed by atoms with Gasteiger partial charge in [0.2, 0.25) is 5.92 Å². The summed E-state index contributed by atoms with van der Waals surface area (Å²) in [5.74, 6) is -4.11. The number of likely N-dealkylation sites (tertiary alicyclic amines) is 2. The molecule has 2 aliphatic heterocycles. The molecule has 0 radical (unpaired) electrons. The number of halogens is 3. The number of carbonyl (C=O) groups excluding carboxylic acids is 3. The minimum absolute atomic E-state index is 0.0672. The van der Waals surface area contributed by atoms with Crippen LogP contribution in [0.2, 0.25) is 0 Å². The fraction of sp³-hybridized carbons (Fsp3) is 0.561. The Morgan fingerprint density at radius 3 is 2.19 bits per heavy atom. The predicted octanol–water partition coefficient (Wildman–Crippen LogP) is 7.84. The summed E-state index contributed by atoms with van der Waals surface area (Å²) < 4.78 is 61.0. The number of alkyl halides is 2. The number of amides is 2. The standard InChI is InChI=1S/C41H51F3N4O6/c1-38(2,3)53-36(50)34-29(8-7-9-33(34)28-14-16-41(43,44)17-15-28)22-52-23-31-21-46(24-40(31)25-47(26-40)37(51)54-39(4,5)6)35(49)30-18-45-48(20-30)19-27-10-12-32(42)13-11-27/h7-13,18,20,28,31H,14-17,19,21-26H2,1-6H3/t31-/m0/s1. The molecule has 3 aliphatic rings. The van der Waals surface area contributed by atoms with E-state index in [4.69, 9.17) is 14.2 Å². The Balaban J connectivity index is 1.19. The topological polar surface area (TPSA) is 103 Å². The van der Waals surface area contributed by atoms with Crippen LogP contribution in [0.4, 0.5) is 18.0 Å². The molecule has 10 nitrogen and oxygen atoms in total. The fourth-order valence-corrected chi connectivity index (χ4v) is 7.79. The third-order valence-electron chi connectivity index (χ3n) is 10.4. The molecule has 2 saturated heterocycles. The van der Waals surface area contributed by atoms with Gasteiger partial charge in [-0.15, -0.1) is 0 Å². The number of nitrogens with zero attached hydrogens (tertiary/aromatic N) is 4. The highest BCUT2D eigenvalue weighted by atomic mass is 19.3. The van der Waals surface area contributed by atoms with Gasteiger partial charge in [-0.2, -0.15) is 5.10 Å². The lowest BCUT2D eigenvalue weighted by Gasteiger charge is -2.50. The van der Waals surface area contributed by atoms with Gasteiger partial charge in [-0.05, 0) is 89.1 Å². The number of ether oxygens (including phenoxy) is 3. The molecule has 13 heteroatoms. The molecule has 6 rings (SSSR count). The second kappa shape index (κ2) is 15.0. The highest BCUT2D eigenvalue weighted by Crippen LogP contribution is 2.46. The molecule has 1 saturated carbocycles. The average molecular weight is 753 g/mol. The molecule has 3 fully saturated rings. The summed E-state index contributed by atoms with van der Waals surface area (Å²) in [7, 11) is 0. The van der Waals surface area contributed by atoms with E-state index in [1.807, 2.05) is 32.9 Å². The zero-order chi connectivity index (χ0) is 39.1. The number of aromatic nitrogens is 2. The van der Waals surface area contributed by atoms with Crippen LogP contribution in [0.15, 0.2) is 54.9 Å². The van der Waals surface area contributed by atoms with Gasteiger partial charge in [0.05, 0.1) is 37.1 Å². The lowest BCUT2D eigenvalue weighted by Crippen LogP contribution is -2.63. The number of carbonyl (C=O) groups is 3. The van der Waals surface area contributed by atoms with Crippen LogP contribution in [0.25, 0.3) is 0 Å². The third-order valence-corrected chi connectivity index (χ3v) is 10.4. The van der Waals surface area contributed by atoms with E-state index in [9.17, 15) is 27.6 Å². The number of benzene rings is 2. The summed E-state index contributed by atoms with van der Waals surface area (Å²) >= 11 is 0. The van der Waals surface area contributed by atoms with Crippen molar-refractivity contribution in [2.45, 2.75) is 103 Å². The normalized spacial score (nSPS) is 19.8. The average Bonchev–Trinajstić information content (AvgIpc) is 3.68. The number of rotatable bonds is 9. The third kappa shape index (κ3) is 9.27. The highest BCUT2D eigenvalue weighted by Gasteiger charge is 2.57. The lowest BCUT2D eigenvalue weighted by atomic mass is 9.72. The van der Waals surface area contributed by atoms with Crippen molar-refractivity contribution < 1.29 is 41.8 Å². The van der Waals surface area contributed by atoms with E-state index >= 15 is 0 Å². The van der Waals surface area contributed by atoms with Crippen LogP contribution in [0, 0.1) is 17.2 Å². The smallest absolute Gasteiger partial charge is 0.410 e. The van der Waals surface area contributed by atoms with E-state index in [-0.39, 0.29) is 62.5 Å². The predicted molar refractivity (Wildman–Crippen MR) is 195 cm³/mol. The van der Waals surface area contributed by atoms with E-state index in [0.29, 0.717) is 55.0 Å². The molecule has 0 bridgehead atoms. The first-order valence-electron chi connectivity index (χ1n) is 18.6. The molecular formula is C41H51F3N4O6. The van der Waals surface area contributed by atoms with Crippen LogP contribution < -0.4 is 0 Å². The summed E-state index contributed by atoms with van der Waals surface area (Å²) in [5, 5.41) is 4.37. The first kappa shape index (κ1) is 39.3. The van der Waals surface area contributed by atoms with Crippen LogP contribution in [0.1, 0.15) is 111 Å². The summed E-state index contributed by atoms with van der Waals surface area (Å²) in [5.41, 5.74) is 1.05. The van der Waals surface area contributed by atoms with Crippen molar-refractivity contribution in [2.24, 2.45) is 11.3 Å². The molecule has 1 aromatic heterocycles. The van der Waals surface area contributed by atoms with Crippen molar-refractivity contribution in [3.8, 4) is 0 Å². The van der Waals surface area contributed by atoms with Crippen molar-refractivity contribution in [3.05, 3.63) is 88.5 Å². The quantitative estimate of drug-likeness (QED) is 0.205. The molecule has 2 aromatic carbocycles. The van der Waals surface area contributed by atoms with Crippen LogP contribution in [-0.2, 0) is 27.4 Å². The SMILES string of the molecule is CC(C)(C)OC(=O)c1c(COC[C@@H]2CN(C(=O)c3cnn(Cc4ccc(F)cc4)c3)CC23CN(C(=O)OC(C)(C)C)C3)cccc1C1CCC(F)(F)CC1. The van der Waals surface area contributed by atoms with Gasteiger partial charge in [0.1, 0.15) is 17.0 Å². The maximum atomic E-state index is 14.1. The van der Waals surface area contributed by atoms with E-state index in [0.717, 1.165) is 5.56 Å². The highest BCUT2D eigenvalue weighted by molar-refractivity contribution is 5.94.